The molecular formula is C66H114O6. The van der Waals surface area contributed by atoms with Gasteiger partial charge in [0.15, 0.2) is 6.10 Å². The van der Waals surface area contributed by atoms with Crippen molar-refractivity contribution in [3.05, 3.63) is 85.1 Å². The monoisotopic (exact) mass is 1000 g/mol. The van der Waals surface area contributed by atoms with Crippen LogP contribution >= 0.6 is 0 Å². The predicted octanol–water partition coefficient (Wildman–Crippen LogP) is 20.7. The van der Waals surface area contributed by atoms with Gasteiger partial charge in [0.2, 0.25) is 0 Å². The molecule has 0 bridgehead atoms. The molecule has 0 rings (SSSR count). The quantitative estimate of drug-likeness (QED) is 0.0261. The van der Waals surface area contributed by atoms with E-state index in [2.05, 4.69) is 106 Å². The largest absolute Gasteiger partial charge is 0.462 e. The van der Waals surface area contributed by atoms with Crippen LogP contribution in [-0.2, 0) is 28.6 Å². The lowest BCUT2D eigenvalue weighted by Crippen LogP contribution is -2.30. The van der Waals surface area contributed by atoms with Gasteiger partial charge in [-0.05, 0) is 77.0 Å². The first-order valence-corrected chi connectivity index (χ1v) is 30.6. The number of rotatable bonds is 55. The highest BCUT2D eigenvalue weighted by atomic mass is 16.6. The highest BCUT2D eigenvalue weighted by Gasteiger charge is 2.19. The van der Waals surface area contributed by atoms with Gasteiger partial charge in [0.1, 0.15) is 13.2 Å². The van der Waals surface area contributed by atoms with Crippen LogP contribution in [-0.4, -0.2) is 37.2 Å². The van der Waals surface area contributed by atoms with Crippen LogP contribution in [0.15, 0.2) is 85.1 Å². The van der Waals surface area contributed by atoms with E-state index in [4.69, 9.17) is 14.2 Å². The summed E-state index contributed by atoms with van der Waals surface area (Å²) in [7, 11) is 0. The molecule has 0 aliphatic carbocycles. The highest BCUT2D eigenvalue weighted by molar-refractivity contribution is 5.71. The Morgan fingerprint density at radius 2 is 0.542 bits per heavy atom. The Kier molecular flexibility index (Phi) is 57.3. The lowest BCUT2D eigenvalue weighted by Gasteiger charge is -2.18. The minimum absolute atomic E-state index is 0.0805. The molecule has 0 amide bonds. The van der Waals surface area contributed by atoms with E-state index >= 15 is 0 Å². The second kappa shape index (κ2) is 60.1. The van der Waals surface area contributed by atoms with Crippen molar-refractivity contribution in [3.63, 3.8) is 0 Å². The lowest BCUT2D eigenvalue weighted by molar-refractivity contribution is -0.167. The summed E-state index contributed by atoms with van der Waals surface area (Å²) in [6.45, 7) is 6.48. The predicted molar refractivity (Wildman–Crippen MR) is 311 cm³/mol. The molecule has 0 radical (unpaired) electrons. The molecule has 0 spiro atoms. The molecule has 0 aromatic heterocycles. The zero-order valence-electron chi connectivity index (χ0n) is 47.4. The standard InChI is InChI=1S/C66H114O6/c1-4-7-10-13-16-18-20-22-24-26-28-30-31-32-33-34-35-37-38-40-42-44-46-48-50-53-56-59-65(68)71-62-63(61-70-64(67)58-55-52-15-12-9-6-3)72-66(69)60-57-54-51-49-47-45-43-41-39-36-29-27-25-23-21-19-17-14-11-8-5-2/h7,10,16,18,22,24,28,30,32-33,35,37,40,42,63H,4-6,8-9,11-15,17,19-21,23,25-27,29,31,34,36,38-39,41,43-62H2,1-3H3/b10-7-,18-16-,24-22-,30-28-,33-32-,37-35-,42-40-. The third-order valence-corrected chi connectivity index (χ3v) is 13.2. The van der Waals surface area contributed by atoms with Crippen LogP contribution in [0.25, 0.3) is 0 Å². The maximum atomic E-state index is 12.8. The van der Waals surface area contributed by atoms with E-state index in [1.165, 1.54) is 135 Å². The van der Waals surface area contributed by atoms with Gasteiger partial charge in [0.25, 0.3) is 0 Å². The van der Waals surface area contributed by atoms with Gasteiger partial charge in [-0.15, -0.1) is 0 Å². The van der Waals surface area contributed by atoms with Gasteiger partial charge >= 0.3 is 17.9 Å². The third kappa shape index (κ3) is 57.5. The molecule has 6 nitrogen and oxygen atoms in total. The summed E-state index contributed by atoms with van der Waals surface area (Å²) >= 11 is 0. The Morgan fingerprint density at radius 1 is 0.292 bits per heavy atom. The normalized spacial score (nSPS) is 12.7. The number of allylic oxidation sites excluding steroid dienone is 14. The fourth-order valence-electron chi connectivity index (χ4n) is 8.60. The number of unbranched alkanes of at least 4 members (excludes halogenated alkanes) is 30. The summed E-state index contributed by atoms with van der Waals surface area (Å²) in [5.74, 6) is -0.900. The summed E-state index contributed by atoms with van der Waals surface area (Å²) in [6.07, 6.45) is 79.0. The molecule has 414 valence electrons. The SMILES string of the molecule is CC/C=C\C/C=C\C/C=C\C/C=C\C/C=C\C/C=C\C/C=C\CCCCCCCC(=O)OCC(COC(=O)CCCCCCCC)OC(=O)CCCCCCCCCCCCCCCCCCCCCCC. The number of hydrogen-bond donors (Lipinski definition) is 0. The molecule has 1 unspecified atom stereocenters. The van der Waals surface area contributed by atoms with E-state index in [9.17, 15) is 14.4 Å². The lowest BCUT2D eigenvalue weighted by atomic mass is 10.0. The molecule has 1 atom stereocenters. The topological polar surface area (TPSA) is 78.9 Å². The van der Waals surface area contributed by atoms with Crippen molar-refractivity contribution in [2.75, 3.05) is 13.2 Å². The molecule has 6 heteroatoms. The zero-order valence-corrected chi connectivity index (χ0v) is 47.4. The molecule has 0 fully saturated rings. The van der Waals surface area contributed by atoms with Gasteiger partial charge in [0.05, 0.1) is 0 Å². The maximum absolute atomic E-state index is 12.8. The zero-order chi connectivity index (χ0) is 52.2. The summed E-state index contributed by atoms with van der Waals surface area (Å²) in [5.41, 5.74) is 0. The van der Waals surface area contributed by atoms with Gasteiger partial charge in [-0.1, -0.05) is 286 Å². The van der Waals surface area contributed by atoms with E-state index in [1.807, 2.05) is 0 Å². The van der Waals surface area contributed by atoms with E-state index in [0.29, 0.717) is 19.3 Å². The van der Waals surface area contributed by atoms with Crippen LogP contribution in [0, 0.1) is 0 Å². The van der Waals surface area contributed by atoms with E-state index in [0.717, 1.165) is 122 Å². The molecule has 72 heavy (non-hydrogen) atoms. The first-order valence-electron chi connectivity index (χ1n) is 30.6. The Bertz CT molecular complexity index is 1380. The van der Waals surface area contributed by atoms with Crippen LogP contribution in [0.5, 0.6) is 0 Å². The van der Waals surface area contributed by atoms with E-state index < -0.39 is 6.10 Å². The molecule has 0 saturated heterocycles. The molecule has 0 heterocycles. The van der Waals surface area contributed by atoms with Gasteiger partial charge in [0, 0.05) is 19.3 Å². The van der Waals surface area contributed by atoms with Crippen molar-refractivity contribution in [3.8, 4) is 0 Å². The second-order valence-corrected chi connectivity index (χ2v) is 20.2. The first kappa shape index (κ1) is 68.6. The van der Waals surface area contributed by atoms with Crippen LogP contribution < -0.4 is 0 Å². The van der Waals surface area contributed by atoms with Crippen LogP contribution in [0.4, 0.5) is 0 Å². The van der Waals surface area contributed by atoms with Crippen LogP contribution in [0.2, 0.25) is 0 Å². The second-order valence-electron chi connectivity index (χ2n) is 20.2. The van der Waals surface area contributed by atoms with Crippen LogP contribution in [0.1, 0.15) is 297 Å². The average Bonchev–Trinajstić information content (AvgIpc) is 3.38. The summed E-state index contributed by atoms with van der Waals surface area (Å²) in [5, 5.41) is 0. The molecular weight excluding hydrogens is 889 g/mol. The van der Waals surface area contributed by atoms with Crippen molar-refractivity contribution in [1.82, 2.24) is 0 Å². The molecule has 0 aliphatic rings. The Balaban J connectivity index is 4.16. The molecule has 0 aromatic rings. The fourth-order valence-corrected chi connectivity index (χ4v) is 8.60. The first-order chi connectivity index (χ1) is 35.5. The maximum Gasteiger partial charge on any atom is 0.306 e. The van der Waals surface area contributed by atoms with Crippen molar-refractivity contribution in [1.29, 1.82) is 0 Å². The Hall–Kier alpha value is -3.41. The third-order valence-electron chi connectivity index (χ3n) is 13.2. The summed E-state index contributed by atoms with van der Waals surface area (Å²) in [6, 6.07) is 0. The van der Waals surface area contributed by atoms with Gasteiger partial charge in [-0.25, -0.2) is 0 Å². The number of esters is 3. The van der Waals surface area contributed by atoms with Crippen molar-refractivity contribution in [2.24, 2.45) is 0 Å². The minimum atomic E-state index is -0.780. The number of carbonyl (C=O) groups excluding carboxylic acids is 3. The summed E-state index contributed by atoms with van der Waals surface area (Å²) < 4.78 is 16.8. The summed E-state index contributed by atoms with van der Waals surface area (Å²) in [4.78, 5) is 38.0. The minimum Gasteiger partial charge on any atom is -0.462 e. The average molecular weight is 1000 g/mol. The van der Waals surface area contributed by atoms with E-state index in [1.54, 1.807) is 0 Å². The van der Waals surface area contributed by atoms with Crippen molar-refractivity contribution < 1.29 is 28.6 Å². The molecule has 0 saturated carbocycles. The Morgan fingerprint density at radius 3 is 0.847 bits per heavy atom. The van der Waals surface area contributed by atoms with Gasteiger partial charge < -0.3 is 14.2 Å². The number of carbonyl (C=O) groups is 3. The van der Waals surface area contributed by atoms with Crippen molar-refractivity contribution in [2.45, 2.75) is 303 Å². The number of hydrogen-bond acceptors (Lipinski definition) is 6. The number of ether oxygens (including phenoxy) is 3. The fraction of sp³-hybridized carbons (Fsp3) is 0.742. The van der Waals surface area contributed by atoms with Crippen molar-refractivity contribution >= 4 is 17.9 Å². The smallest absolute Gasteiger partial charge is 0.306 e. The Labute approximate surface area is 445 Å². The molecule has 0 aliphatic heterocycles. The molecule has 0 aromatic carbocycles. The molecule has 0 N–H and O–H groups in total. The van der Waals surface area contributed by atoms with E-state index in [-0.39, 0.29) is 31.1 Å². The van der Waals surface area contributed by atoms with Gasteiger partial charge in [-0.3, -0.25) is 14.4 Å². The highest BCUT2D eigenvalue weighted by Crippen LogP contribution is 2.17. The van der Waals surface area contributed by atoms with Crippen LogP contribution in [0.3, 0.4) is 0 Å². The van der Waals surface area contributed by atoms with Gasteiger partial charge in [-0.2, -0.15) is 0 Å².